The number of nitrogens with zero attached hydrogens (tertiary/aromatic N) is 2. The van der Waals surface area contributed by atoms with Crippen LogP contribution in [0.3, 0.4) is 0 Å². The Labute approximate surface area is 219 Å². The van der Waals surface area contributed by atoms with Gasteiger partial charge in [0, 0.05) is 11.1 Å². The van der Waals surface area contributed by atoms with Crippen molar-refractivity contribution in [2.45, 2.75) is 38.2 Å². The van der Waals surface area contributed by atoms with E-state index in [1.807, 2.05) is 48.5 Å². The molecule has 3 aromatic carbocycles. The Morgan fingerprint density at radius 1 is 1.03 bits per heavy atom. The number of amides is 1. The Balaban J connectivity index is 1.30. The second kappa shape index (κ2) is 9.87. The van der Waals surface area contributed by atoms with E-state index in [0.717, 1.165) is 16.7 Å². The van der Waals surface area contributed by atoms with Crippen molar-refractivity contribution in [1.29, 1.82) is 5.26 Å². The van der Waals surface area contributed by atoms with Gasteiger partial charge < -0.3 is 14.4 Å². The summed E-state index contributed by atoms with van der Waals surface area (Å²) < 4.78 is 11.0. The van der Waals surface area contributed by atoms with Crippen LogP contribution in [-0.2, 0) is 14.9 Å². The lowest BCUT2D eigenvalue weighted by Gasteiger charge is -2.15. The smallest absolute Gasteiger partial charge is 0.412 e. The predicted octanol–water partition coefficient (Wildman–Crippen LogP) is 6.61. The molecule has 1 saturated carbocycles. The van der Waals surface area contributed by atoms with Crippen LogP contribution in [0.1, 0.15) is 48.3 Å². The van der Waals surface area contributed by atoms with Crippen LogP contribution in [0.5, 0.6) is 0 Å². The third kappa shape index (κ3) is 4.62. The summed E-state index contributed by atoms with van der Waals surface area (Å²) >= 11 is 0. The molecular weight excluding hydrogens is 482 g/mol. The van der Waals surface area contributed by atoms with Crippen molar-refractivity contribution in [3.63, 3.8) is 0 Å². The number of hydrogen-bond donors (Lipinski definition) is 2. The average molecular weight is 508 g/mol. The van der Waals surface area contributed by atoms with Crippen molar-refractivity contribution in [2.75, 3.05) is 5.32 Å². The van der Waals surface area contributed by atoms with Gasteiger partial charge in [0.05, 0.1) is 17.0 Å². The van der Waals surface area contributed by atoms with Crippen LogP contribution in [0.25, 0.3) is 22.5 Å². The van der Waals surface area contributed by atoms with Gasteiger partial charge in [0.15, 0.2) is 5.76 Å². The molecule has 1 amide bonds. The molecule has 5 rings (SSSR count). The molecule has 0 saturated heterocycles. The second-order valence-corrected chi connectivity index (χ2v) is 9.39. The summed E-state index contributed by atoms with van der Waals surface area (Å²) in [6.07, 6.45) is 0.0149. The van der Waals surface area contributed by atoms with Crippen LogP contribution < -0.4 is 5.32 Å². The zero-order chi connectivity index (χ0) is 26.9. The molecule has 0 spiro atoms. The van der Waals surface area contributed by atoms with Gasteiger partial charge in [-0.25, -0.2) is 4.79 Å². The standard InChI is InChI=1S/C30H25N3O5/c1-18-26(32-29(36)37-19(2)25-6-4-3-5-23(25)17-31)27(38-33-18)22-9-7-20(8-10-22)21-11-13-24(14-12-21)30(15-16-30)28(34)35/h3-14,19H,15-16H2,1-2H3,(H,32,36)(H,34,35). The molecule has 190 valence electrons. The Morgan fingerprint density at radius 3 is 2.24 bits per heavy atom. The third-order valence-electron chi connectivity index (χ3n) is 6.97. The van der Waals surface area contributed by atoms with E-state index >= 15 is 0 Å². The lowest BCUT2D eigenvalue weighted by Crippen LogP contribution is -2.19. The van der Waals surface area contributed by atoms with Crippen LogP contribution in [-0.4, -0.2) is 22.3 Å². The normalized spacial score (nSPS) is 14.2. The quantitative estimate of drug-likeness (QED) is 0.288. The van der Waals surface area contributed by atoms with Crippen LogP contribution in [0.4, 0.5) is 10.5 Å². The fraction of sp³-hybridized carbons (Fsp3) is 0.200. The Bertz CT molecular complexity index is 1540. The summed E-state index contributed by atoms with van der Waals surface area (Å²) in [6, 6.07) is 24.3. The van der Waals surface area contributed by atoms with Crippen LogP contribution in [0.2, 0.25) is 0 Å². The van der Waals surface area contributed by atoms with Crippen LogP contribution in [0.15, 0.2) is 77.3 Å². The number of aromatic nitrogens is 1. The number of rotatable bonds is 7. The fourth-order valence-corrected chi connectivity index (χ4v) is 4.57. The van der Waals surface area contributed by atoms with Crippen LogP contribution in [0, 0.1) is 18.3 Å². The van der Waals surface area contributed by atoms with Crippen molar-refractivity contribution in [3.05, 3.63) is 95.2 Å². The Hall–Kier alpha value is -4.90. The van der Waals surface area contributed by atoms with Gasteiger partial charge in [-0.1, -0.05) is 71.9 Å². The van der Waals surface area contributed by atoms with Crippen molar-refractivity contribution < 1.29 is 24.0 Å². The molecule has 1 fully saturated rings. The molecule has 1 aromatic heterocycles. The summed E-state index contributed by atoms with van der Waals surface area (Å²) in [4.78, 5) is 24.3. The highest BCUT2D eigenvalue weighted by Gasteiger charge is 2.51. The minimum absolute atomic E-state index is 0.392. The van der Waals surface area contributed by atoms with Gasteiger partial charge in [0.25, 0.3) is 0 Å². The number of nitrogens with one attached hydrogen (secondary N) is 1. The molecule has 0 aliphatic heterocycles. The van der Waals surface area contributed by atoms with Gasteiger partial charge in [-0.15, -0.1) is 0 Å². The lowest BCUT2D eigenvalue weighted by atomic mass is 9.93. The Morgan fingerprint density at radius 2 is 1.63 bits per heavy atom. The summed E-state index contributed by atoms with van der Waals surface area (Å²) in [6.45, 7) is 3.42. The molecule has 1 heterocycles. The number of benzene rings is 3. The first kappa shape index (κ1) is 24.8. The van der Waals surface area contributed by atoms with Gasteiger partial charge in [0.1, 0.15) is 17.5 Å². The van der Waals surface area contributed by atoms with E-state index < -0.39 is 23.6 Å². The lowest BCUT2D eigenvalue weighted by molar-refractivity contribution is -0.140. The highest BCUT2D eigenvalue weighted by atomic mass is 16.6. The van der Waals surface area contributed by atoms with Gasteiger partial charge in [-0.05, 0) is 49.4 Å². The maximum atomic E-state index is 12.7. The van der Waals surface area contributed by atoms with E-state index in [1.54, 1.807) is 38.1 Å². The van der Waals surface area contributed by atoms with E-state index in [1.165, 1.54) is 0 Å². The first-order valence-corrected chi connectivity index (χ1v) is 12.2. The monoisotopic (exact) mass is 507 g/mol. The summed E-state index contributed by atoms with van der Waals surface area (Å²) in [5, 5.41) is 25.6. The molecule has 1 atom stereocenters. The molecule has 8 nitrogen and oxygen atoms in total. The third-order valence-corrected chi connectivity index (χ3v) is 6.97. The Kier molecular flexibility index (Phi) is 6.43. The second-order valence-electron chi connectivity index (χ2n) is 9.39. The zero-order valence-electron chi connectivity index (χ0n) is 20.9. The SMILES string of the molecule is Cc1noc(-c2ccc(-c3ccc(C4(C(=O)O)CC4)cc3)cc2)c1NC(=O)OC(C)c1ccccc1C#N. The molecule has 1 aliphatic rings. The number of anilines is 1. The van der Waals surface area contributed by atoms with E-state index in [-0.39, 0.29) is 0 Å². The molecule has 0 bridgehead atoms. The number of ether oxygens (including phenoxy) is 1. The maximum absolute atomic E-state index is 12.7. The number of carbonyl (C=O) groups is 2. The van der Waals surface area contributed by atoms with Gasteiger partial charge in [-0.3, -0.25) is 10.1 Å². The largest absolute Gasteiger partial charge is 0.481 e. The number of aryl methyl sites for hydroxylation is 1. The molecular formula is C30H25N3O5. The molecule has 4 aromatic rings. The predicted molar refractivity (Wildman–Crippen MR) is 140 cm³/mol. The highest BCUT2D eigenvalue weighted by molar-refractivity contribution is 5.91. The fourth-order valence-electron chi connectivity index (χ4n) is 4.57. The van der Waals surface area contributed by atoms with E-state index in [4.69, 9.17) is 9.26 Å². The van der Waals surface area contributed by atoms with Crippen molar-refractivity contribution in [1.82, 2.24) is 5.16 Å². The molecule has 1 unspecified atom stereocenters. The summed E-state index contributed by atoms with van der Waals surface area (Å²) in [5.74, 6) is -0.379. The van der Waals surface area contributed by atoms with E-state index in [2.05, 4.69) is 16.5 Å². The first-order chi connectivity index (χ1) is 18.3. The number of nitriles is 1. The molecule has 0 radical (unpaired) electrons. The van der Waals surface area contributed by atoms with E-state index in [0.29, 0.717) is 46.7 Å². The topological polar surface area (TPSA) is 125 Å². The molecule has 1 aliphatic carbocycles. The van der Waals surface area contributed by atoms with Crippen LogP contribution >= 0.6 is 0 Å². The van der Waals surface area contributed by atoms with Crippen molar-refractivity contribution >= 4 is 17.7 Å². The van der Waals surface area contributed by atoms with Gasteiger partial charge >= 0.3 is 12.1 Å². The minimum atomic E-state index is -0.772. The summed E-state index contributed by atoms with van der Waals surface area (Å²) in [7, 11) is 0. The number of carboxylic acid groups (broad SMARTS) is 1. The van der Waals surface area contributed by atoms with Gasteiger partial charge in [-0.2, -0.15) is 5.26 Å². The number of hydrogen-bond acceptors (Lipinski definition) is 6. The van der Waals surface area contributed by atoms with Crippen molar-refractivity contribution in [2.24, 2.45) is 0 Å². The summed E-state index contributed by atoms with van der Waals surface area (Å²) in [5.41, 5.74) is 4.69. The maximum Gasteiger partial charge on any atom is 0.412 e. The molecule has 38 heavy (non-hydrogen) atoms. The number of carbonyl (C=O) groups excluding carboxylic acids is 1. The average Bonchev–Trinajstić information content (AvgIpc) is 3.68. The first-order valence-electron chi connectivity index (χ1n) is 12.2. The number of aliphatic carboxylic acids is 1. The number of carboxylic acids is 1. The van der Waals surface area contributed by atoms with Gasteiger partial charge in [0.2, 0.25) is 0 Å². The minimum Gasteiger partial charge on any atom is -0.481 e. The highest BCUT2D eigenvalue weighted by Crippen LogP contribution is 2.48. The van der Waals surface area contributed by atoms with Crippen molar-refractivity contribution in [3.8, 4) is 28.5 Å². The zero-order valence-corrected chi connectivity index (χ0v) is 20.9. The molecule has 2 N–H and O–H groups in total. The van der Waals surface area contributed by atoms with E-state index in [9.17, 15) is 20.0 Å². The molecule has 8 heteroatoms.